The molecule has 0 heterocycles. The average Bonchev–Trinajstić information content (AvgIpc) is 2.54. The van der Waals surface area contributed by atoms with Crippen LogP contribution >= 0.6 is 0 Å². The van der Waals surface area contributed by atoms with Crippen molar-refractivity contribution >= 4 is 5.91 Å². The van der Waals surface area contributed by atoms with Crippen LogP contribution in [0, 0.1) is 0 Å². The topological polar surface area (TPSA) is 38.3 Å². The molecule has 0 aliphatic rings. The van der Waals surface area contributed by atoms with Crippen LogP contribution in [0.5, 0.6) is 5.75 Å². The normalized spacial score (nSPS) is 11.7. The molecule has 3 heteroatoms. The summed E-state index contributed by atoms with van der Waals surface area (Å²) in [5.74, 6) is 1.09. The first-order valence-electron chi connectivity index (χ1n) is 7.13. The third-order valence-corrected chi connectivity index (χ3v) is 3.51. The van der Waals surface area contributed by atoms with E-state index in [4.69, 9.17) is 4.74 Å². The lowest BCUT2D eigenvalue weighted by molar-refractivity contribution is -0.121. The predicted molar refractivity (Wildman–Crippen MR) is 84.3 cm³/mol. The summed E-state index contributed by atoms with van der Waals surface area (Å²) in [4.78, 5) is 12.0. The fraction of sp³-hybridized carbons (Fsp3) is 0.278. The number of benzene rings is 2. The highest BCUT2D eigenvalue weighted by Gasteiger charge is 2.11. The zero-order valence-electron chi connectivity index (χ0n) is 12.5. The van der Waals surface area contributed by atoms with E-state index in [0.29, 0.717) is 13.0 Å². The van der Waals surface area contributed by atoms with Gasteiger partial charge >= 0.3 is 0 Å². The fourth-order valence-corrected chi connectivity index (χ4v) is 2.20. The summed E-state index contributed by atoms with van der Waals surface area (Å²) in [7, 11) is 1.65. The van der Waals surface area contributed by atoms with Gasteiger partial charge in [0.25, 0.3) is 0 Å². The molecule has 1 atom stereocenters. The fourth-order valence-electron chi connectivity index (χ4n) is 2.20. The highest BCUT2D eigenvalue weighted by molar-refractivity contribution is 5.76. The van der Waals surface area contributed by atoms with Crippen molar-refractivity contribution in [2.24, 2.45) is 0 Å². The molecule has 1 N–H and O–H groups in total. The molecular weight excluding hydrogens is 262 g/mol. The average molecular weight is 283 g/mol. The molecule has 0 saturated heterocycles. The maximum atomic E-state index is 12.0. The minimum Gasteiger partial charge on any atom is -0.497 e. The smallest absolute Gasteiger partial charge is 0.220 e. The van der Waals surface area contributed by atoms with Gasteiger partial charge in [0.1, 0.15) is 5.75 Å². The molecular formula is C18H21NO2. The van der Waals surface area contributed by atoms with E-state index >= 15 is 0 Å². The van der Waals surface area contributed by atoms with Crippen LogP contribution in [0.1, 0.15) is 30.4 Å². The number of hydrogen-bond acceptors (Lipinski definition) is 2. The van der Waals surface area contributed by atoms with E-state index in [9.17, 15) is 4.79 Å². The van der Waals surface area contributed by atoms with Crippen LogP contribution in [0.3, 0.4) is 0 Å². The molecule has 0 aliphatic heterocycles. The SMILES string of the molecule is COc1ccc([C@H](C)CC(=O)NCc2ccccc2)cc1. The highest BCUT2D eigenvalue weighted by atomic mass is 16.5. The second kappa shape index (κ2) is 7.48. The number of carbonyl (C=O) groups is 1. The molecule has 21 heavy (non-hydrogen) atoms. The molecule has 0 bridgehead atoms. The van der Waals surface area contributed by atoms with Crippen molar-refractivity contribution in [2.75, 3.05) is 7.11 Å². The van der Waals surface area contributed by atoms with Gasteiger partial charge in [-0.25, -0.2) is 0 Å². The first kappa shape index (κ1) is 15.1. The number of rotatable bonds is 6. The van der Waals surface area contributed by atoms with Crippen LogP contribution in [0.15, 0.2) is 54.6 Å². The Labute approximate surface area is 126 Å². The van der Waals surface area contributed by atoms with E-state index in [1.54, 1.807) is 7.11 Å². The van der Waals surface area contributed by atoms with Gasteiger partial charge in [-0.15, -0.1) is 0 Å². The summed E-state index contributed by atoms with van der Waals surface area (Å²) < 4.78 is 5.14. The Morgan fingerprint density at radius 1 is 1.10 bits per heavy atom. The Hall–Kier alpha value is -2.29. The van der Waals surface area contributed by atoms with Gasteiger partial charge < -0.3 is 10.1 Å². The predicted octanol–water partition coefficient (Wildman–Crippen LogP) is 3.51. The van der Waals surface area contributed by atoms with Crippen molar-refractivity contribution in [1.82, 2.24) is 5.32 Å². The molecule has 0 saturated carbocycles. The number of ether oxygens (including phenoxy) is 1. The van der Waals surface area contributed by atoms with E-state index in [-0.39, 0.29) is 11.8 Å². The van der Waals surface area contributed by atoms with Crippen molar-refractivity contribution in [3.8, 4) is 5.75 Å². The molecule has 3 nitrogen and oxygen atoms in total. The highest BCUT2D eigenvalue weighted by Crippen LogP contribution is 2.21. The maximum absolute atomic E-state index is 12.0. The zero-order chi connectivity index (χ0) is 15.1. The Bertz CT molecular complexity index is 564. The maximum Gasteiger partial charge on any atom is 0.220 e. The zero-order valence-corrected chi connectivity index (χ0v) is 12.5. The van der Waals surface area contributed by atoms with Gasteiger partial charge in [-0.2, -0.15) is 0 Å². The van der Waals surface area contributed by atoms with Crippen LogP contribution < -0.4 is 10.1 Å². The van der Waals surface area contributed by atoms with Crippen molar-refractivity contribution in [3.63, 3.8) is 0 Å². The Kier molecular flexibility index (Phi) is 5.38. The van der Waals surface area contributed by atoms with Gasteiger partial charge in [-0.3, -0.25) is 4.79 Å². The largest absolute Gasteiger partial charge is 0.497 e. The quantitative estimate of drug-likeness (QED) is 0.881. The van der Waals surface area contributed by atoms with Gasteiger partial charge in [0, 0.05) is 13.0 Å². The summed E-state index contributed by atoms with van der Waals surface area (Å²) in [5, 5.41) is 2.96. The van der Waals surface area contributed by atoms with Crippen molar-refractivity contribution in [2.45, 2.75) is 25.8 Å². The first-order chi connectivity index (χ1) is 10.2. The third-order valence-electron chi connectivity index (χ3n) is 3.51. The van der Waals surface area contributed by atoms with Crippen molar-refractivity contribution < 1.29 is 9.53 Å². The van der Waals surface area contributed by atoms with Gasteiger partial charge in [0.05, 0.1) is 7.11 Å². The lowest BCUT2D eigenvalue weighted by Crippen LogP contribution is -2.24. The molecule has 2 aromatic carbocycles. The van der Waals surface area contributed by atoms with E-state index in [1.165, 1.54) is 0 Å². The van der Waals surface area contributed by atoms with E-state index in [0.717, 1.165) is 16.9 Å². The first-order valence-corrected chi connectivity index (χ1v) is 7.13. The summed E-state index contributed by atoms with van der Waals surface area (Å²) in [5.41, 5.74) is 2.26. The number of carbonyl (C=O) groups excluding carboxylic acids is 1. The van der Waals surface area contributed by atoms with Crippen LogP contribution in [0.4, 0.5) is 0 Å². The van der Waals surface area contributed by atoms with Gasteiger partial charge in [0.15, 0.2) is 0 Å². The molecule has 1 amide bonds. The molecule has 0 unspecified atom stereocenters. The molecule has 110 valence electrons. The van der Waals surface area contributed by atoms with E-state index in [1.807, 2.05) is 54.6 Å². The summed E-state index contributed by atoms with van der Waals surface area (Å²) in [6.45, 7) is 2.64. The Morgan fingerprint density at radius 3 is 2.38 bits per heavy atom. The van der Waals surface area contributed by atoms with Crippen LogP contribution in [0.2, 0.25) is 0 Å². The standard InChI is InChI=1S/C18H21NO2/c1-14(16-8-10-17(21-2)11-9-16)12-18(20)19-13-15-6-4-3-5-7-15/h3-11,14H,12-13H2,1-2H3,(H,19,20)/t14-/m1/s1. The number of methoxy groups -OCH3 is 1. The lowest BCUT2D eigenvalue weighted by Gasteiger charge is -2.12. The second-order valence-electron chi connectivity index (χ2n) is 5.14. The molecule has 0 spiro atoms. The number of amides is 1. The summed E-state index contributed by atoms with van der Waals surface area (Å²) in [6.07, 6.45) is 0.485. The van der Waals surface area contributed by atoms with Gasteiger partial charge in [-0.1, -0.05) is 49.4 Å². The van der Waals surface area contributed by atoms with E-state index < -0.39 is 0 Å². The van der Waals surface area contributed by atoms with Crippen molar-refractivity contribution in [3.05, 3.63) is 65.7 Å². The third kappa shape index (κ3) is 4.63. The Morgan fingerprint density at radius 2 is 1.76 bits per heavy atom. The summed E-state index contributed by atoms with van der Waals surface area (Å²) in [6, 6.07) is 17.8. The minimum atomic E-state index is 0.0715. The van der Waals surface area contributed by atoms with Crippen LogP contribution in [0.25, 0.3) is 0 Å². The van der Waals surface area contributed by atoms with Crippen LogP contribution in [-0.2, 0) is 11.3 Å². The van der Waals surface area contributed by atoms with Gasteiger partial charge in [-0.05, 0) is 29.2 Å². The monoisotopic (exact) mass is 283 g/mol. The number of nitrogens with one attached hydrogen (secondary N) is 1. The molecule has 0 aromatic heterocycles. The minimum absolute atomic E-state index is 0.0715. The molecule has 2 rings (SSSR count). The molecule has 0 radical (unpaired) electrons. The summed E-state index contributed by atoms with van der Waals surface area (Å²) >= 11 is 0. The van der Waals surface area contributed by atoms with Gasteiger partial charge in [0.2, 0.25) is 5.91 Å². The Balaban J connectivity index is 1.83. The molecule has 0 fully saturated rings. The lowest BCUT2D eigenvalue weighted by atomic mass is 9.97. The van der Waals surface area contributed by atoms with Crippen LogP contribution in [-0.4, -0.2) is 13.0 Å². The van der Waals surface area contributed by atoms with E-state index in [2.05, 4.69) is 12.2 Å². The number of hydrogen-bond donors (Lipinski definition) is 1. The molecule has 2 aromatic rings. The molecule has 0 aliphatic carbocycles. The van der Waals surface area contributed by atoms with Crippen molar-refractivity contribution in [1.29, 1.82) is 0 Å². The second-order valence-corrected chi connectivity index (χ2v) is 5.14.